The minimum absolute atomic E-state index is 0.0132. The zero-order chi connectivity index (χ0) is 26.9. The number of amides is 1. The number of anilines is 1. The van der Waals surface area contributed by atoms with Crippen molar-refractivity contribution in [3.05, 3.63) is 57.6 Å². The van der Waals surface area contributed by atoms with Crippen LogP contribution in [0, 0.1) is 5.82 Å². The van der Waals surface area contributed by atoms with Crippen molar-refractivity contribution < 1.29 is 33.3 Å². The fraction of sp³-hybridized carbons (Fsp3) is 0.346. The molecule has 1 fully saturated rings. The number of benzene rings is 2. The van der Waals surface area contributed by atoms with E-state index in [1.807, 2.05) is 11.8 Å². The summed E-state index contributed by atoms with van der Waals surface area (Å²) >= 11 is 0. The van der Waals surface area contributed by atoms with Crippen molar-refractivity contribution in [2.24, 2.45) is 0 Å². The first-order valence-electron chi connectivity index (χ1n) is 11.7. The number of halogens is 1. The molecule has 0 atom stereocenters. The van der Waals surface area contributed by atoms with Gasteiger partial charge in [0.25, 0.3) is 5.91 Å². The third-order valence-electron chi connectivity index (χ3n) is 6.54. The zero-order valence-electron chi connectivity index (χ0n) is 21.0. The molecule has 37 heavy (non-hydrogen) atoms. The molecule has 1 amide bonds. The molecule has 1 aromatic heterocycles. The van der Waals surface area contributed by atoms with Gasteiger partial charge in [-0.15, -0.1) is 0 Å². The minimum Gasteiger partial charge on any atom is -0.493 e. The van der Waals surface area contributed by atoms with Gasteiger partial charge < -0.3 is 33.7 Å². The first-order chi connectivity index (χ1) is 17.7. The number of pyridine rings is 1. The van der Waals surface area contributed by atoms with Crippen LogP contribution in [0.25, 0.3) is 10.9 Å². The Balaban J connectivity index is 1.59. The molecule has 11 heteroatoms. The summed E-state index contributed by atoms with van der Waals surface area (Å²) in [6.07, 6.45) is 1.28. The number of hydrogen-bond donors (Lipinski definition) is 1. The van der Waals surface area contributed by atoms with Crippen LogP contribution in [0.5, 0.6) is 17.2 Å². The summed E-state index contributed by atoms with van der Waals surface area (Å²) in [7, 11) is 4.43. The molecular formula is C26H28FN3O7. The van der Waals surface area contributed by atoms with E-state index in [1.165, 1.54) is 27.5 Å². The lowest BCUT2D eigenvalue weighted by Gasteiger charge is -2.36. The van der Waals surface area contributed by atoms with Crippen molar-refractivity contribution in [3.63, 3.8) is 0 Å². The van der Waals surface area contributed by atoms with Crippen molar-refractivity contribution in [3.8, 4) is 17.2 Å². The van der Waals surface area contributed by atoms with Gasteiger partial charge in [-0.1, -0.05) is 0 Å². The van der Waals surface area contributed by atoms with Crippen molar-refractivity contribution in [1.29, 1.82) is 0 Å². The van der Waals surface area contributed by atoms with Gasteiger partial charge in [-0.05, 0) is 31.2 Å². The Morgan fingerprint density at radius 3 is 2.11 bits per heavy atom. The third-order valence-corrected chi connectivity index (χ3v) is 6.54. The molecule has 10 nitrogen and oxygen atoms in total. The highest BCUT2D eigenvalue weighted by Crippen LogP contribution is 2.38. The number of rotatable bonds is 7. The average Bonchev–Trinajstić information content (AvgIpc) is 2.91. The lowest BCUT2D eigenvalue weighted by atomic mass is 10.1. The van der Waals surface area contributed by atoms with E-state index in [0.717, 1.165) is 6.07 Å². The Morgan fingerprint density at radius 2 is 1.59 bits per heavy atom. The van der Waals surface area contributed by atoms with Crippen LogP contribution in [0.15, 0.2) is 35.3 Å². The molecule has 0 spiro atoms. The van der Waals surface area contributed by atoms with Crippen LogP contribution in [-0.4, -0.2) is 74.0 Å². The lowest BCUT2D eigenvalue weighted by molar-refractivity contribution is 0.0693. The Hall–Kier alpha value is -4.28. The number of hydrogen-bond acceptors (Lipinski definition) is 7. The number of methoxy groups -OCH3 is 3. The number of ether oxygens (including phenoxy) is 3. The summed E-state index contributed by atoms with van der Waals surface area (Å²) < 4.78 is 32.8. The van der Waals surface area contributed by atoms with Gasteiger partial charge in [0.2, 0.25) is 11.2 Å². The highest BCUT2D eigenvalue weighted by Gasteiger charge is 2.27. The van der Waals surface area contributed by atoms with Gasteiger partial charge in [-0.2, -0.15) is 0 Å². The summed E-state index contributed by atoms with van der Waals surface area (Å²) in [6, 6.07) is 5.85. The number of piperazine rings is 1. The summed E-state index contributed by atoms with van der Waals surface area (Å²) in [5.41, 5.74) is -0.0123. The molecule has 0 saturated carbocycles. The van der Waals surface area contributed by atoms with Gasteiger partial charge in [0, 0.05) is 49.9 Å². The average molecular weight is 514 g/mol. The molecule has 1 aliphatic heterocycles. The largest absolute Gasteiger partial charge is 0.493 e. The molecular weight excluding hydrogens is 485 g/mol. The van der Waals surface area contributed by atoms with E-state index in [4.69, 9.17) is 14.2 Å². The molecule has 0 bridgehead atoms. The molecule has 2 aromatic carbocycles. The monoisotopic (exact) mass is 513 g/mol. The number of fused-ring (bicyclic) bond motifs is 1. The molecule has 0 radical (unpaired) electrons. The number of carboxylic acids is 1. The van der Waals surface area contributed by atoms with Gasteiger partial charge in [-0.3, -0.25) is 9.59 Å². The maximum atomic E-state index is 15.2. The maximum Gasteiger partial charge on any atom is 0.341 e. The fourth-order valence-electron chi connectivity index (χ4n) is 4.59. The summed E-state index contributed by atoms with van der Waals surface area (Å²) in [5, 5.41) is 9.36. The third kappa shape index (κ3) is 4.64. The van der Waals surface area contributed by atoms with Crippen molar-refractivity contribution in [2.45, 2.75) is 13.5 Å². The van der Waals surface area contributed by atoms with E-state index >= 15 is 4.39 Å². The van der Waals surface area contributed by atoms with Crippen LogP contribution >= 0.6 is 0 Å². The van der Waals surface area contributed by atoms with Crippen LogP contribution in [-0.2, 0) is 6.54 Å². The number of carbonyl (C=O) groups excluding carboxylic acids is 1. The summed E-state index contributed by atoms with van der Waals surface area (Å²) in [5.74, 6) is -1.08. The van der Waals surface area contributed by atoms with Crippen molar-refractivity contribution in [1.82, 2.24) is 9.47 Å². The number of aryl methyl sites for hydroxylation is 1. The quantitative estimate of drug-likeness (QED) is 0.514. The topological polar surface area (TPSA) is 111 Å². The molecule has 4 rings (SSSR count). The Labute approximate surface area is 212 Å². The minimum atomic E-state index is -1.36. The highest BCUT2D eigenvalue weighted by atomic mass is 19.1. The maximum absolute atomic E-state index is 15.2. The number of aromatic nitrogens is 1. The van der Waals surface area contributed by atoms with E-state index in [-0.39, 0.29) is 17.0 Å². The molecule has 1 N–H and O–H groups in total. The molecule has 2 heterocycles. The van der Waals surface area contributed by atoms with E-state index in [9.17, 15) is 19.5 Å². The summed E-state index contributed by atoms with van der Waals surface area (Å²) in [4.78, 5) is 40.8. The second-order valence-corrected chi connectivity index (χ2v) is 8.48. The van der Waals surface area contributed by atoms with Gasteiger partial charge in [-0.25, -0.2) is 9.18 Å². The fourth-order valence-corrected chi connectivity index (χ4v) is 4.59. The van der Waals surface area contributed by atoms with E-state index in [0.29, 0.717) is 61.1 Å². The second kappa shape index (κ2) is 10.4. The van der Waals surface area contributed by atoms with Crippen molar-refractivity contribution in [2.75, 3.05) is 52.4 Å². The van der Waals surface area contributed by atoms with Gasteiger partial charge in [0.1, 0.15) is 11.4 Å². The number of carboxylic acid groups (broad SMARTS) is 1. The standard InChI is InChI=1S/C26H28FN3O7/c1-5-28-14-17(26(33)34)23(31)16-12-18(27)20(13-19(16)28)29-6-8-30(9-7-29)25(32)15-10-21(35-2)24(37-4)22(11-15)36-3/h10-14H,5-9H2,1-4H3,(H,33,34). The van der Waals surface area contributed by atoms with Crippen LogP contribution in [0.1, 0.15) is 27.6 Å². The van der Waals surface area contributed by atoms with Crippen LogP contribution in [0.4, 0.5) is 10.1 Å². The van der Waals surface area contributed by atoms with Gasteiger partial charge >= 0.3 is 5.97 Å². The van der Waals surface area contributed by atoms with Crippen molar-refractivity contribution >= 4 is 28.5 Å². The lowest BCUT2D eigenvalue weighted by Crippen LogP contribution is -2.49. The first kappa shape index (κ1) is 25.8. The SMILES string of the molecule is CCn1cc(C(=O)O)c(=O)c2cc(F)c(N3CCN(C(=O)c4cc(OC)c(OC)c(OC)c4)CC3)cc21. The first-order valence-corrected chi connectivity index (χ1v) is 11.7. The number of aromatic carboxylic acids is 1. The highest BCUT2D eigenvalue weighted by molar-refractivity contribution is 5.96. The molecule has 0 aliphatic carbocycles. The van der Waals surface area contributed by atoms with Crippen LogP contribution in [0.2, 0.25) is 0 Å². The Kier molecular flexibility index (Phi) is 7.23. The van der Waals surface area contributed by atoms with Gasteiger partial charge in [0.15, 0.2) is 11.5 Å². The Morgan fingerprint density at radius 1 is 0.973 bits per heavy atom. The van der Waals surface area contributed by atoms with E-state index < -0.39 is 22.8 Å². The number of nitrogens with zero attached hydrogens (tertiary/aromatic N) is 3. The number of carbonyl (C=O) groups is 2. The van der Waals surface area contributed by atoms with Gasteiger partial charge in [0.05, 0.1) is 32.5 Å². The molecule has 3 aromatic rings. The van der Waals surface area contributed by atoms with Crippen LogP contribution < -0.4 is 24.5 Å². The molecule has 1 aliphatic rings. The van der Waals surface area contributed by atoms with Crippen LogP contribution in [0.3, 0.4) is 0 Å². The molecule has 0 unspecified atom stereocenters. The summed E-state index contributed by atoms with van der Waals surface area (Å²) in [6.45, 7) is 3.62. The zero-order valence-corrected chi connectivity index (χ0v) is 21.0. The van der Waals surface area contributed by atoms with E-state index in [2.05, 4.69) is 0 Å². The normalized spacial score (nSPS) is 13.5. The molecule has 196 valence electrons. The molecule has 1 saturated heterocycles. The smallest absolute Gasteiger partial charge is 0.341 e. The Bertz CT molecular complexity index is 1400. The second-order valence-electron chi connectivity index (χ2n) is 8.48. The van der Waals surface area contributed by atoms with E-state index in [1.54, 1.807) is 27.7 Å². The predicted molar refractivity (Wildman–Crippen MR) is 135 cm³/mol. The predicted octanol–water partition coefficient (Wildman–Crippen LogP) is 2.85.